The molecule has 1 fully saturated rings. The molecule has 196 valence electrons. The fourth-order valence-corrected chi connectivity index (χ4v) is 7.34. The molecule has 0 spiro atoms. The number of benzene rings is 1. The molecule has 2 aliphatic carbocycles. The molecule has 0 radical (unpaired) electrons. The number of rotatable bonds is 8. The minimum absolute atomic E-state index is 0.0110. The summed E-state index contributed by atoms with van der Waals surface area (Å²) >= 11 is 0. The molecule has 0 aliphatic heterocycles. The van der Waals surface area contributed by atoms with Crippen LogP contribution in [0.25, 0.3) is 0 Å². The summed E-state index contributed by atoms with van der Waals surface area (Å²) in [5, 5.41) is 0.0185. The number of esters is 1. The van der Waals surface area contributed by atoms with Crippen molar-refractivity contribution in [3.63, 3.8) is 0 Å². The van der Waals surface area contributed by atoms with Crippen LogP contribution < -0.4 is 0 Å². The summed E-state index contributed by atoms with van der Waals surface area (Å²) in [4.78, 5) is 13.0. The molecule has 6 nitrogen and oxygen atoms in total. The van der Waals surface area contributed by atoms with Crippen molar-refractivity contribution in [2.75, 3.05) is 13.2 Å². The Morgan fingerprint density at radius 2 is 1.77 bits per heavy atom. The highest BCUT2D eigenvalue weighted by molar-refractivity contribution is 7.86. The predicted octanol–water partition coefficient (Wildman–Crippen LogP) is 5.87. The van der Waals surface area contributed by atoms with Crippen LogP contribution in [0.15, 0.2) is 41.3 Å². The summed E-state index contributed by atoms with van der Waals surface area (Å²) < 4.78 is 43.5. The smallest absolute Gasteiger partial charge is 0.309 e. The fraction of sp³-hybridized carbons (Fsp3) is 0.667. The Bertz CT molecular complexity index is 1010. The molecular weight excluding hydrogens is 480 g/mol. The monoisotopic (exact) mass is 522 g/mol. The summed E-state index contributed by atoms with van der Waals surface area (Å²) in [5.74, 6) is -0.238. The third-order valence-corrected chi connectivity index (χ3v) is 13.7. The third kappa shape index (κ3) is 6.64. The first-order valence-corrected chi connectivity index (χ1v) is 17.0. The highest BCUT2D eigenvalue weighted by Crippen LogP contribution is 2.48. The van der Waals surface area contributed by atoms with Crippen molar-refractivity contribution >= 4 is 24.4 Å². The lowest BCUT2D eigenvalue weighted by Crippen LogP contribution is -2.52. The highest BCUT2D eigenvalue weighted by atomic mass is 32.2. The topological polar surface area (TPSA) is 78.9 Å². The Kier molecular flexibility index (Phi) is 8.72. The van der Waals surface area contributed by atoms with Gasteiger partial charge in [0.1, 0.15) is 0 Å². The van der Waals surface area contributed by atoms with Gasteiger partial charge in [-0.15, -0.1) is 0 Å². The molecule has 0 heterocycles. The molecule has 1 aromatic carbocycles. The Morgan fingerprint density at radius 1 is 1.11 bits per heavy atom. The van der Waals surface area contributed by atoms with Crippen molar-refractivity contribution < 1.29 is 26.6 Å². The first-order valence-electron chi connectivity index (χ1n) is 12.7. The van der Waals surface area contributed by atoms with Crippen molar-refractivity contribution in [3.05, 3.63) is 42.0 Å². The summed E-state index contributed by atoms with van der Waals surface area (Å²) in [5.41, 5.74) is 0.994. The number of carbonyl (C=O) groups excluding carboxylic acids is 1. The molecule has 35 heavy (non-hydrogen) atoms. The van der Waals surface area contributed by atoms with Gasteiger partial charge >= 0.3 is 5.97 Å². The average molecular weight is 523 g/mol. The van der Waals surface area contributed by atoms with E-state index in [-0.39, 0.29) is 52.3 Å². The van der Waals surface area contributed by atoms with Crippen LogP contribution in [0.3, 0.4) is 0 Å². The van der Waals surface area contributed by atoms with Gasteiger partial charge in [0.25, 0.3) is 10.1 Å². The van der Waals surface area contributed by atoms with Crippen LogP contribution in [0.1, 0.15) is 52.5 Å². The van der Waals surface area contributed by atoms with Crippen LogP contribution in [0.2, 0.25) is 18.1 Å². The van der Waals surface area contributed by atoms with E-state index >= 15 is 0 Å². The number of fused-ring (bicyclic) bond motifs is 1. The third-order valence-electron chi connectivity index (χ3n) is 7.94. The maximum atomic E-state index is 12.9. The van der Waals surface area contributed by atoms with Gasteiger partial charge < -0.3 is 9.16 Å². The number of carbonyl (C=O) groups is 1. The summed E-state index contributed by atoms with van der Waals surface area (Å²) in [6.45, 7) is 15.3. The van der Waals surface area contributed by atoms with Gasteiger partial charge in [0.2, 0.25) is 0 Å². The maximum absolute atomic E-state index is 12.9. The minimum atomic E-state index is -3.84. The Morgan fingerprint density at radius 3 is 2.37 bits per heavy atom. The zero-order chi connectivity index (χ0) is 26.0. The van der Waals surface area contributed by atoms with E-state index in [4.69, 9.17) is 13.3 Å². The number of ether oxygens (including phenoxy) is 1. The van der Waals surface area contributed by atoms with E-state index in [0.29, 0.717) is 19.4 Å². The standard InChI is InChI=1S/C27H42O6SSi/c1-8-31-26(28)23-11-9-10-21-16-20(17-24(25(21)23)33-35(6,7)27(3,4)5)18-32-34(29,30)22-14-12-19(2)13-15-22/h9-10,12-15,20-21,23-25H,8,11,16-18H2,1-7H3/t20-,21?,23?,24-,25?/m0/s1. The van der Waals surface area contributed by atoms with Crippen molar-refractivity contribution in [1.82, 2.24) is 0 Å². The Labute approximate surface area is 212 Å². The van der Waals surface area contributed by atoms with Crippen LogP contribution in [-0.4, -0.2) is 42.0 Å². The largest absolute Gasteiger partial charge is 0.466 e. The average Bonchev–Trinajstić information content (AvgIpc) is 2.77. The van der Waals surface area contributed by atoms with Crippen LogP contribution in [-0.2, 0) is 28.3 Å². The van der Waals surface area contributed by atoms with E-state index in [1.807, 2.05) is 13.8 Å². The first kappa shape index (κ1) is 28.1. The molecule has 0 amide bonds. The predicted molar refractivity (Wildman–Crippen MR) is 140 cm³/mol. The molecule has 2 aliphatic rings. The quantitative estimate of drug-likeness (QED) is 0.184. The van der Waals surface area contributed by atoms with Gasteiger partial charge in [-0.3, -0.25) is 8.98 Å². The van der Waals surface area contributed by atoms with Gasteiger partial charge in [0.05, 0.1) is 24.0 Å². The van der Waals surface area contributed by atoms with E-state index in [2.05, 4.69) is 46.0 Å². The molecule has 3 rings (SSSR count). The normalized spacial score (nSPS) is 27.3. The van der Waals surface area contributed by atoms with Crippen LogP contribution in [0.5, 0.6) is 0 Å². The van der Waals surface area contributed by atoms with Gasteiger partial charge in [-0.05, 0) is 75.2 Å². The van der Waals surface area contributed by atoms with Crippen molar-refractivity contribution in [2.24, 2.45) is 23.7 Å². The van der Waals surface area contributed by atoms with E-state index in [0.717, 1.165) is 12.0 Å². The highest BCUT2D eigenvalue weighted by Gasteiger charge is 2.49. The van der Waals surface area contributed by atoms with Gasteiger partial charge in [0.15, 0.2) is 8.32 Å². The lowest BCUT2D eigenvalue weighted by atomic mass is 9.64. The lowest BCUT2D eigenvalue weighted by Gasteiger charge is -2.49. The Hall–Kier alpha value is -1.48. The summed E-state index contributed by atoms with van der Waals surface area (Å²) in [6.07, 6.45) is 6.19. The molecule has 0 N–H and O–H groups in total. The van der Waals surface area contributed by atoms with Gasteiger partial charge in [-0.2, -0.15) is 8.42 Å². The van der Waals surface area contributed by atoms with E-state index < -0.39 is 18.4 Å². The number of hydrogen-bond donors (Lipinski definition) is 0. The maximum Gasteiger partial charge on any atom is 0.309 e. The fourth-order valence-electron chi connectivity index (χ4n) is 5.00. The van der Waals surface area contributed by atoms with Crippen LogP contribution in [0, 0.1) is 30.6 Å². The molecule has 0 saturated heterocycles. The molecule has 0 bridgehead atoms. The second-order valence-corrected chi connectivity index (χ2v) is 17.9. The molecule has 0 aromatic heterocycles. The van der Waals surface area contributed by atoms with Crippen LogP contribution >= 0.6 is 0 Å². The molecule has 5 atom stereocenters. The van der Waals surface area contributed by atoms with E-state index in [1.54, 1.807) is 24.3 Å². The second-order valence-electron chi connectivity index (χ2n) is 11.6. The molecule has 1 aromatic rings. The summed E-state index contributed by atoms with van der Waals surface area (Å²) in [7, 11) is -5.97. The second kappa shape index (κ2) is 10.9. The van der Waals surface area contributed by atoms with E-state index in [1.165, 1.54) is 0 Å². The van der Waals surface area contributed by atoms with Gasteiger partial charge in [0, 0.05) is 12.0 Å². The minimum Gasteiger partial charge on any atom is -0.466 e. The SMILES string of the molecule is CCOC(=O)C1CC=CC2C[C@H](COS(=O)(=O)c3ccc(C)cc3)C[C@H](O[Si](C)(C)C(C)(C)C)C21. The van der Waals surface area contributed by atoms with Gasteiger partial charge in [-0.25, -0.2) is 0 Å². The molecular formula is C27H42O6SSi. The lowest BCUT2D eigenvalue weighted by molar-refractivity contribution is -0.154. The molecule has 8 heteroatoms. The van der Waals surface area contributed by atoms with Crippen molar-refractivity contribution in [1.29, 1.82) is 0 Å². The van der Waals surface area contributed by atoms with E-state index in [9.17, 15) is 13.2 Å². The first-order chi connectivity index (χ1) is 16.2. The van der Waals surface area contributed by atoms with Crippen LogP contribution in [0.4, 0.5) is 0 Å². The Balaban J connectivity index is 1.82. The summed E-state index contributed by atoms with van der Waals surface area (Å²) in [6, 6.07) is 6.71. The van der Waals surface area contributed by atoms with Gasteiger partial charge in [-0.1, -0.05) is 50.6 Å². The molecule has 3 unspecified atom stereocenters. The van der Waals surface area contributed by atoms with Crippen molar-refractivity contribution in [3.8, 4) is 0 Å². The number of hydrogen-bond acceptors (Lipinski definition) is 6. The number of aryl methyl sites for hydroxylation is 1. The zero-order valence-corrected chi connectivity index (χ0v) is 24.1. The zero-order valence-electron chi connectivity index (χ0n) is 22.2. The van der Waals surface area contributed by atoms with Crippen molar-refractivity contribution in [2.45, 2.75) is 83.0 Å². The number of allylic oxidation sites excluding steroid dienone is 2. The molecule has 1 saturated carbocycles.